The van der Waals surface area contributed by atoms with Crippen LogP contribution in [0.15, 0.2) is 12.2 Å². The molecule has 0 nitrogen and oxygen atoms in total. The molecule has 1 aliphatic carbocycles. The third kappa shape index (κ3) is 1.42. The second-order valence-electron chi connectivity index (χ2n) is 3.99. The SMILES string of the molecule is C=C(C)CC1CC(C)C1C. The Morgan fingerprint density at radius 2 is 2.10 bits per heavy atom. The Kier molecular flexibility index (Phi) is 2.18. The van der Waals surface area contributed by atoms with Gasteiger partial charge in [0.1, 0.15) is 0 Å². The van der Waals surface area contributed by atoms with Crippen molar-refractivity contribution in [2.24, 2.45) is 17.8 Å². The topological polar surface area (TPSA) is 0 Å². The molecule has 0 amide bonds. The molecule has 0 heterocycles. The summed E-state index contributed by atoms with van der Waals surface area (Å²) in [5.41, 5.74) is 1.35. The summed E-state index contributed by atoms with van der Waals surface area (Å²) >= 11 is 0. The second kappa shape index (κ2) is 2.77. The second-order valence-corrected chi connectivity index (χ2v) is 3.99. The molecule has 0 aliphatic heterocycles. The lowest BCUT2D eigenvalue weighted by molar-refractivity contribution is 0.104. The van der Waals surface area contributed by atoms with Crippen LogP contribution in [0, 0.1) is 17.8 Å². The molecule has 0 bridgehead atoms. The lowest BCUT2D eigenvalue weighted by Crippen LogP contribution is -2.32. The van der Waals surface area contributed by atoms with Gasteiger partial charge in [-0.05, 0) is 37.5 Å². The molecule has 0 aromatic heterocycles. The van der Waals surface area contributed by atoms with E-state index in [1.807, 2.05) is 0 Å². The first-order chi connectivity index (χ1) is 4.61. The Hall–Kier alpha value is -0.260. The molecule has 1 rings (SSSR count). The Labute approximate surface area is 64.3 Å². The van der Waals surface area contributed by atoms with Crippen molar-refractivity contribution in [2.45, 2.75) is 33.6 Å². The van der Waals surface area contributed by atoms with Crippen LogP contribution in [0.1, 0.15) is 33.6 Å². The Balaban J connectivity index is 2.27. The van der Waals surface area contributed by atoms with E-state index in [0.717, 1.165) is 17.8 Å². The van der Waals surface area contributed by atoms with E-state index >= 15 is 0 Å². The highest BCUT2D eigenvalue weighted by Crippen LogP contribution is 2.42. The van der Waals surface area contributed by atoms with Gasteiger partial charge in [-0.2, -0.15) is 0 Å². The smallest absolute Gasteiger partial charge is 0.0295 e. The average Bonchev–Trinajstić information content (AvgIpc) is 1.86. The Morgan fingerprint density at radius 1 is 1.50 bits per heavy atom. The lowest BCUT2D eigenvalue weighted by atomic mass is 9.65. The first-order valence-corrected chi connectivity index (χ1v) is 4.25. The van der Waals surface area contributed by atoms with E-state index in [4.69, 9.17) is 0 Å². The maximum atomic E-state index is 3.94. The fraction of sp³-hybridized carbons (Fsp3) is 0.800. The molecular weight excluding hydrogens is 120 g/mol. The van der Waals surface area contributed by atoms with Crippen molar-refractivity contribution in [3.63, 3.8) is 0 Å². The van der Waals surface area contributed by atoms with Gasteiger partial charge in [0, 0.05) is 0 Å². The van der Waals surface area contributed by atoms with Crippen LogP contribution in [0.25, 0.3) is 0 Å². The van der Waals surface area contributed by atoms with Crippen LogP contribution >= 0.6 is 0 Å². The summed E-state index contributed by atoms with van der Waals surface area (Å²) in [7, 11) is 0. The van der Waals surface area contributed by atoms with E-state index in [2.05, 4.69) is 27.4 Å². The highest BCUT2D eigenvalue weighted by Gasteiger charge is 2.33. The fourth-order valence-electron chi connectivity index (χ4n) is 1.89. The fourth-order valence-corrected chi connectivity index (χ4v) is 1.89. The molecule has 1 saturated carbocycles. The van der Waals surface area contributed by atoms with Crippen molar-refractivity contribution in [2.75, 3.05) is 0 Å². The highest BCUT2D eigenvalue weighted by molar-refractivity contribution is 4.96. The maximum Gasteiger partial charge on any atom is -0.0295 e. The summed E-state index contributed by atoms with van der Waals surface area (Å²) in [6.07, 6.45) is 2.68. The molecule has 1 fully saturated rings. The third-order valence-electron chi connectivity index (χ3n) is 2.93. The molecule has 0 saturated heterocycles. The number of rotatable bonds is 2. The van der Waals surface area contributed by atoms with Crippen LogP contribution in [0.2, 0.25) is 0 Å². The van der Waals surface area contributed by atoms with Crippen molar-refractivity contribution in [3.05, 3.63) is 12.2 Å². The Morgan fingerprint density at radius 3 is 2.40 bits per heavy atom. The molecular formula is C10H18. The van der Waals surface area contributed by atoms with Gasteiger partial charge in [0.25, 0.3) is 0 Å². The van der Waals surface area contributed by atoms with Gasteiger partial charge in [0.2, 0.25) is 0 Å². The molecule has 0 radical (unpaired) electrons. The van der Waals surface area contributed by atoms with E-state index in [1.165, 1.54) is 18.4 Å². The average molecular weight is 138 g/mol. The predicted molar refractivity (Wildman–Crippen MR) is 45.9 cm³/mol. The first kappa shape index (κ1) is 7.84. The highest BCUT2D eigenvalue weighted by atomic mass is 14.4. The van der Waals surface area contributed by atoms with Crippen molar-refractivity contribution in [3.8, 4) is 0 Å². The molecule has 0 N–H and O–H groups in total. The van der Waals surface area contributed by atoms with Gasteiger partial charge >= 0.3 is 0 Å². The van der Waals surface area contributed by atoms with Gasteiger partial charge in [-0.15, -0.1) is 6.58 Å². The van der Waals surface area contributed by atoms with Crippen LogP contribution in [0.4, 0.5) is 0 Å². The van der Waals surface area contributed by atoms with Gasteiger partial charge in [-0.1, -0.05) is 19.4 Å². The van der Waals surface area contributed by atoms with Crippen LogP contribution in [0.3, 0.4) is 0 Å². The van der Waals surface area contributed by atoms with Gasteiger partial charge in [0.05, 0.1) is 0 Å². The molecule has 1 aliphatic rings. The zero-order valence-corrected chi connectivity index (χ0v) is 7.35. The van der Waals surface area contributed by atoms with Gasteiger partial charge in [-0.3, -0.25) is 0 Å². The molecule has 10 heavy (non-hydrogen) atoms. The largest absolute Gasteiger partial charge is 0.100 e. The van der Waals surface area contributed by atoms with Crippen molar-refractivity contribution < 1.29 is 0 Å². The van der Waals surface area contributed by atoms with Crippen LogP contribution in [-0.2, 0) is 0 Å². The van der Waals surface area contributed by atoms with Gasteiger partial charge in [0.15, 0.2) is 0 Å². The summed E-state index contributed by atoms with van der Waals surface area (Å²) < 4.78 is 0. The molecule has 58 valence electrons. The van der Waals surface area contributed by atoms with Gasteiger partial charge < -0.3 is 0 Å². The van der Waals surface area contributed by atoms with Crippen LogP contribution in [-0.4, -0.2) is 0 Å². The summed E-state index contributed by atoms with van der Waals surface area (Å²) in [6.45, 7) is 10.8. The van der Waals surface area contributed by atoms with E-state index < -0.39 is 0 Å². The lowest BCUT2D eigenvalue weighted by Gasteiger charge is -2.41. The number of allylic oxidation sites excluding steroid dienone is 1. The molecule has 0 aromatic rings. The quantitative estimate of drug-likeness (QED) is 0.514. The number of hydrogen-bond donors (Lipinski definition) is 0. The van der Waals surface area contributed by atoms with E-state index in [9.17, 15) is 0 Å². The summed E-state index contributed by atoms with van der Waals surface area (Å²) in [4.78, 5) is 0. The van der Waals surface area contributed by atoms with E-state index in [1.54, 1.807) is 0 Å². The first-order valence-electron chi connectivity index (χ1n) is 4.25. The minimum absolute atomic E-state index is 0.941. The van der Waals surface area contributed by atoms with Crippen LogP contribution < -0.4 is 0 Å². The summed E-state index contributed by atoms with van der Waals surface area (Å²) in [5.74, 6) is 2.86. The molecule has 3 unspecified atom stereocenters. The Bertz CT molecular complexity index is 135. The monoisotopic (exact) mass is 138 g/mol. The van der Waals surface area contributed by atoms with Crippen LogP contribution in [0.5, 0.6) is 0 Å². The molecule has 0 aromatic carbocycles. The third-order valence-corrected chi connectivity index (χ3v) is 2.93. The zero-order valence-electron chi connectivity index (χ0n) is 7.35. The van der Waals surface area contributed by atoms with Crippen molar-refractivity contribution in [1.82, 2.24) is 0 Å². The van der Waals surface area contributed by atoms with Gasteiger partial charge in [-0.25, -0.2) is 0 Å². The van der Waals surface area contributed by atoms with E-state index in [0.29, 0.717) is 0 Å². The maximum absolute atomic E-state index is 3.94. The van der Waals surface area contributed by atoms with Crippen molar-refractivity contribution in [1.29, 1.82) is 0 Å². The summed E-state index contributed by atoms with van der Waals surface area (Å²) in [6, 6.07) is 0. The standard InChI is InChI=1S/C10H18/c1-7(2)5-10-6-8(3)9(10)4/h8-10H,1,5-6H2,2-4H3. The predicted octanol–water partition coefficient (Wildman–Crippen LogP) is 3.24. The molecule has 3 atom stereocenters. The molecule has 0 spiro atoms. The number of hydrogen-bond acceptors (Lipinski definition) is 0. The molecule has 0 heteroatoms. The summed E-state index contributed by atoms with van der Waals surface area (Å²) in [5, 5.41) is 0. The normalized spacial score (nSPS) is 38.9. The van der Waals surface area contributed by atoms with Crippen molar-refractivity contribution >= 4 is 0 Å². The van der Waals surface area contributed by atoms with E-state index in [-0.39, 0.29) is 0 Å². The minimum Gasteiger partial charge on any atom is -0.100 e. The minimum atomic E-state index is 0.941. The zero-order chi connectivity index (χ0) is 7.72.